The zero-order chi connectivity index (χ0) is 17.4. The number of rotatable bonds is 5. The molecule has 2 rings (SSSR count). The van der Waals surface area contributed by atoms with Crippen molar-refractivity contribution in [2.45, 2.75) is 6.92 Å². The van der Waals surface area contributed by atoms with Crippen LogP contribution in [-0.2, 0) is 0 Å². The lowest BCUT2D eigenvalue weighted by Crippen LogP contribution is -2.25. The van der Waals surface area contributed by atoms with Crippen LogP contribution in [0.25, 0.3) is 5.70 Å². The molecule has 0 bridgehead atoms. The largest absolute Gasteiger partial charge is 0.320 e. The van der Waals surface area contributed by atoms with Gasteiger partial charge in [0.05, 0.1) is 5.70 Å². The van der Waals surface area contributed by atoms with E-state index in [-0.39, 0.29) is 5.69 Å². The van der Waals surface area contributed by atoms with E-state index in [0.717, 1.165) is 0 Å². The fourth-order valence-electron chi connectivity index (χ4n) is 1.93. The molecule has 1 amide bonds. The van der Waals surface area contributed by atoms with Gasteiger partial charge in [0.2, 0.25) is 5.43 Å². The first-order valence-corrected chi connectivity index (χ1v) is 7.37. The molecule has 6 nitrogen and oxygen atoms in total. The second-order valence-electron chi connectivity index (χ2n) is 4.80. The predicted octanol–water partition coefficient (Wildman–Crippen LogP) is 2.61. The fraction of sp³-hybridized carbons (Fsp3) is 0.111. The van der Waals surface area contributed by atoms with E-state index in [1.54, 1.807) is 43.6 Å². The van der Waals surface area contributed by atoms with Gasteiger partial charge in [0.15, 0.2) is 5.69 Å². The van der Waals surface area contributed by atoms with E-state index >= 15 is 0 Å². The molecule has 0 saturated carbocycles. The third kappa shape index (κ3) is 4.36. The smallest absolute Gasteiger partial charge is 0.280 e. The van der Waals surface area contributed by atoms with Crippen molar-refractivity contribution < 1.29 is 4.79 Å². The highest BCUT2D eigenvalue weighted by Crippen LogP contribution is 2.06. The second-order valence-corrected chi connectivity index (χ2v) is 4.80. The molecule has 0 unspecified atom stereocenters. The number of hydrogen-bond donors (Lipinski definition) is 1. The summed E-state index contributed by atoms with van der Waals surface area (Å²) in [4.78, 5) is 28.3. The van der Waals surface area contributed by atoms with Gasteiger partial charge in [-0.1, -0.05) is 30.4 Å². The van der Waals surface area contributed by atoms with Crippen LogP contribution in [0.15, 0.2) is 70.6 Å². The van der Waals surface area contributed by atoms with Gasteiger partial charge in [-0.15, -0.1) is 0 Å². The Balaban J connectivity index is 2.37. The highest BCUT2D eigenvalue weighted by atomic mass is 16.2. The third-order valence-electron chi connectivity index (χ3n) is 3.04. The molecule has 0 aliphatic heterocycles. The summed E-state index contributed by atoms with van der Waals surface area (Å²) in [5, 5.41) is 6.80. The highest BCUT2D eigenvalue weighted by Gasteiger charge is 2.13. The number of anilines is 1. The van der Waals surface area contributed by atoms with E-state index < -0.39 is 11.3 Å². The van der Waals surface area contributed by atoms with Crippen LogP contribution in [0.2, 0.25) is 0 Å². The van der Waals surface area contributed by atoms with Gasteiger partial charge in [0, 0.05) is 31.2 Å². The van der Waals surface area contributed by atoms with Crippen molar-refractivity contribution >= 4 is 23.5 Å². The Bertz CT molecular complexity index is 849. The lowest BCUT2D eigenvalue weighted by molar-refractivity contribution is 0.101. The van der Waals surface area contributed by atoms with Crippen molar-refractivity contribution in [1.29, 1.82) is 0 Å². The van der Waals surface area contributed by atoms with E-state index in [9.17, 15) is 9.59 Å². The summed E-state index contributed by atoms with van der Waals surface area (Å²) in [7, 11) is 1.63. The van der Waals surface area contributed by atoms with Crippen molar-refractivity contribution in [3.05, 3.63) is 76.7 Å². The zero-order valence-corrected chi connectivity index (χ0v) is 13.5. The number of amides is 1. The first-order chi connectivity index (χ1) is 11.7. The number of nitrogens with one attached hydrogen (secondary N) is 1. The normalized spacial score (nSPS) is 12.0. The minimum atomic E-state index is -0.556. The third-order valence-corrected chi connectivity index (χ3v) is 3.04. The number of aromatic nitrogens is 2. The summed E-state index contributed by atoms with van der Waals surface area (Å²) in [6, 6.07) is 10.2. The Hall–Kier alpha value is -3.28. The minimum absolute atomic E-state index is 0.183. The number of allylic oxidation sites excluding steroid dienone is 4. The molecule has 1 aromatic heterocycles. The first kappa shape index (κ1) is 17.1. The van der Waals surface area contributed by atoms with E-state index in [4.69, 9.17) is 0 Å². The number of benzene rings is 1. The summed E-state index contributed by atoms with van der Waals surface area (Å²) in [6.45, 7) is 1.88. The van der Waals surface area contributed by atoms with Gasteiger partial charge in [-0.3, -0.25) is 14.6 Å². The fourth-order valence-corrected chi connectivity index (χ4v) is 1.93. The summed E-state index contributed by atoms with van der Waals surface area (Å²) in [6.07, 6.45) is 8.55. The van der Waals surface area contributed by atoms with Crippen LogP contribution in [0.4, 0.5) is 5.69 Å². The van der Waals surface area contributed by atoms with Crippen LogP contribution < -0.4 is 10.7 Å². The molecule has 6 heteroatoms. The van der Waals surface area contributed by atoms with Crippen LogP contribution in [0.3, 0.4) is 0 Å². The van der Waals surface area contributed by atoms with Crippen molar-refractivity contribution in [3.63, 3.8) is 0 Å². The molecular formula is C18H18N4O2. The first-order valence-electron chi connectivity index (χ1n) is 7.37. The van der Waals surface area contributed by atoms with Crippen LogP contribution >= 0.6 is 0 Å². The van der Waals surface area contributed by atoms with Crippen LogP contribution in [-0.4, -0.2) is 28.9 Å². The molecule has 1 aromatic carbocycles. The molecule has 0 saturated heterocycles. The molecule has 0 aliphatic carbocycles. The van der Waals surface area contributed by atoms with Gasteiger partial charge in [-0.05, 0) is 25.1 Å². The Morgan fingerprint density at radius 3 is 2.67 bits per heavy atom. The van der Waals surface area contributed by atoms with Crippen molar-refractivity contribution in [2.75, 3.05) is 12.4 Å². The van der Waals surface area contributed by atoms with E-state index in [1.165, 1.54) is 16.9 Å². The van der Waals surface area contributed by atoms with Crippen molar-refractivity contribution in [1.82, 2.24) is 9.78 Å². The Labute approximate surface area is 139 Å². The van der Waals surface area contributed by atoms with Crippen LogP contribution in [0, 0.1) is 0 Å². The van der Waals surface area contributed by atoms with Gasteiger partial charge in [-0.2, -0.15) is 5.10 Å². The topological polar surface area (TPSA) is 76.3 Å². The molecule has 0 spiro atoms. The highest BCUT2D eigenvalue weighted by molar-refractivity contribution is 6.04. The van der Waals surface area contributed by atoms with Crippen LogP contribution in [0.5, 0.6) is 0 Å². The summed E-state index contributed by atoms with van der Waals surface area (Å²) < 4.78 is 1.44. The lowest BCUT2D eigenvalue weighted by Gasteiger charge is -2.08. The van der Waals surface area contributed by atoms with Gasteiger partial charge in [-0.25, -0.2) is 4.68 Å². The predicted molar refractivity (Wildman–Crippen MR) is 96.4 cm³/mol. The number of carbonyl (C=O) groups is 1. The molecule has 0 fully saturated rings. The van der Waals surface area contributed by atoms with Gasteiger partial charge in [0.1, 0.15) is 0 Å². The Morgan fingerprint density at radius 1 is 1.25 bits per heavy atom. The summed E-state index contributed by atoms with van der Waals surface area (Å²) in [5.41, 5.74) is 0.596. The van der Waals surface area contributed by atoms with Crippen LogP contribution in [0.1, 0.15) is 17.4 Å². The number of hydrogen-bond acceptors (Lipinski definition) is 4. The molecule has 1 heterocycles. The SMILES string of the molecule is C/C=C\C=C(/C=NC)n1ccc(=O)c(C(=O)Nc2ccccc2)n1. The van der Waals surface area contributed by atoms with E-state index in [1.807, 2.05) is 25.1 Å². The molecule has 122 valence electrons. The standard InChI is InChI=1S/C18H18N4O2/c1-3-4-10-15(13-19-2)22-12-11-16(23)17(21-22)18(24)20-14-8-6-5-7-9-14/h3-13H,1-2H3,(H,20,24)/b4-3-,15-10+,19-13?. The molecular weight excluding hydrogens is 304 g/mol. The average molecular weight is 322 g/mol. The van der Waals surface area contributed by atoms with Crippen molar-refractivity contribution in [2.24, 2.45) is 4.99 Å². The number of carbonyl (C=O) groups excluding carboxylic acids is 1. The van der Waals surface area contributed by atoms with Crippen molar-refractivity contribution in [3.8, 4) is 0 Å². The number of aliphatic imine (C=N–C) groups is 1. The Morgan fingerprint density at radius 2 is 2.00 bits per heavy atom. The quantitative estimate of drug-likeness (QED) is 0.679. The molecule has 0 aliphatic rings. The summed E-state index contributed by atoms with van der Waals surface area (Å²) >= 11 is 0. The van der Waals surface area contributed by atoms with E-state index in [2.05, 4.69) is 15.4 Å². The summed E-state index contributed by atoms with van der Waals surface area (Å²) in [5.74, 6) is -0.556. The molecule has 0 radical (unpaired) electrons. The maximum absolute atomic E-state index is 12.3. The number of nitrogens with zero attached hydrogens (tertiary/aromatic N) is 3. The number of para-hydroxylation sites is 1. The molecule has 2 aromatic rings. The lowest BCUT2D eigenvalue weighted by atomic mass is 10.3. The maximum Gasteiger partial charge on any atom is 0.280 e. The van der Waals surface area contributed by atoms with Gasteiger partial charge >= 0.3 is 0 Å². The van der Waals surface area contributed by atoms with Gasteiger partial charge in [0.25, 0.3) is 5.91 Å². The minimum Gasteiger partial charge on any atom is -0.320 e. The molecule has 24 heavy (non-hydrogen) atoms. The average Bonchev–Trinajstić information content (AvgIpc) is 2.60. The maximum atomic E-state index is 12.3. The second kappa shape index (κ2) is 8.38. The Kier molecular flexibility index (Phi) is 5.96. The molecule has 1 N–H and O–H groups in total. The van der Waals surface area contributed by atoms with E-state index in [0.29, 0.717) is 11.4 Å². The monoisotopic (exact) mass is 322 g/mol. The molecule has 0 atom stereocenters. The zero-order valence-electron chi connectivity index (χ0n) is 13.5. The van der Waals surface area contributed by atoms with Gasteiger partial charge < -0.3 is 5.32 Å².